The van der Waals surface area contributed by atoms with Gasteiger partial charge in [0.1, 0.15) is 6.04 Å². The van der Waals surface area contributed by atoms with Gasteiger partial charge in [0.15, 0.2) is 0 Å². The first kappa shape index (κ1) is 15.0. The Bertz CT molecular complexity index is 441. The van der Waals surface area contributed by atoms with Gasteiger partial charge >= 0.3 is 0 Å². The molecule has 0 heterocycles. The second-order valence-corrected chi connectivity index (χ2v) is 6.21. The Morgan fingerprint density at radius 3 is 2.60 bits per heavy atom. The molecule has 1 saturated carbocycles. The van der Waals surface area contributed by atoms with Crippen molar-refractivity contribution in [3.63, 3.8) is 0 Å². The fourth-order valence-corrected chi connectivity index (χ4v) is 2.85. The molecule has 3 unspecified atom stereocenters. The number of carbonyl (C=O) groups is 1. The highest BCUT2D eigenvalue weighted by molar-refractivity contribution is 5.83. The highest BCUT2D eigenvalue weighted by Crippen LogP contribution is 2.23. The monoisotopic (exact) mass is 274 g/mol. The standard InChI is InChI=1S/C17H26N2O/c1-12-4-3-5-15(11-8-12)19-17(20)16(18)14-9-6-13(2)7-10-14/h6-7,9-10,12,15-16H,3-5,8,11,18H2,1-2H3,(H,19,20). The van der Waals surface area contributed by atoms with E-state index >= 15 is 0 Å². The van der Waals surface area contributed by atoms with E-state index in [2.05, 4.69) is 12.2 Å². The SMILES string of the molecule is Cc1ccc(C(N)C(=O)NC2CCCC(C)CC2)cc1. The predicted octanol–water partition coefficient (Wildman–Crippen LogP) is 3.08. The van der Waals surface area contributed by atoms with E-state index in [0.717, 1.165) is 24.3 Å². The molecule has 3 N–H and O–H groups in total. The van der Waals surface area contributed by atoms with Gasteiger partial charge in [0, 0.05) is 6.04 Å². The van der Waals surface area contributed by atoms with Crippen molar-refractivity contribution in [3.05, 3.63) is 35.4 Å². The second kappa shape index (κ2) is 6.89. The van der Waals surface area contributed by atoms with E-state index in [0.29, 0.717) is 6.04 Å². The van der Waals surface area contributed by atoms with Crippen LogP contribution >= 0.6 is 0 Å². The first-order valence-corrected chi connectivity index (χ1v) is 7.69. The third-order valence-corrected chi connectivity index (χ3v) is 4.32. The van der Waals surface area contributed by atoms with E-state index in [9.17, 15) is 4.79 Å². The molecule has 1 aromatic carbocycles. The molecule has 2 rings (SSSR count). The molecule has 0 spiro atoms. The number of nitrogens with one attached hydrogen (secondary N) is 1. The summed E-state index contributed by atoms with van der Waals surface area (Å²) < 4.78 is 0. The lowest BCUT2D eigenvalue weighted by Crippen LogP contribution is -2.40. The van der Waals surface area contributed by atoms with E-state index in [1.165, 1.54) is 24.8 Å². The minimum Gasteiger partial charge on any atom is -0.352 e. The van der Waals surface area contributed by atoms with Crippen LogP contribution in [0.1, 0.15) is 56.2 Å². The van der Waals surface area contributed by atoms with Gasteiger partial charge in [-0.15, -0.1) is 0 Å². The Hall–Kier alpha value is -1.35. The van der Waals surface area contributed by atoms with Crippen LogP contribution in [0.5, 0.6) is 0 Å². The molecular weight excluding hydrogens is 248 g/mol. The molecule has 20 heavy (non-hydrogen) atoms. The van der Waals surface area contributed by atoms with Crippen LogP contribution in [-0.2, 0) is 4.79 Å². The summed E-state index contributed by atoms with van der Waals surface area (Å²) in [5.41, 5.74) is 8.12. The maximum atomic E-state index is 12.3. The molecule has 1 aliphatic carbocycles. The molecule has 110 valence electrons. The summed E-state index contributed by atoms with van der Waals surface area (Å²) in [7, 11) is 0. The Morgan fingerprint density at radius 2 is 1.90 bits per heavy atom. The molecule has 0 saturated heterocycles. The average Bonchev–Trinajstić information content (AvgIpc) is 2.64. The summed E-state index contributed by atoms with van der Waals surface area (Å²) in [5.74, 6) is 0.732. The van der Waals surface area contributed by atoms with Crippen LogP contribution in [0.2, 0.25) is 0 Å². The number of aryl methyl sites for hydroxylation is 1. The highest BCUT2D eigenvalue weighted by atomic mass is 16.2. The minimum atomic E-state index is -0.559. The fourth-order valence-electron chi connectivity index (χ4n) is 2.85. The second-order valence-electron chi connectivity index (χ2n) is 6.21. The first-order chi connectivity index (χ1) is 9.56. The van der Waals surface area contributed by atoms with Crippen LogP contribution < -0.4 is 11.1 Å². The molecule has 1 aliphatic rings. The van der Waals surface area contributed by atoms with Crippen molar-refractivity contribution in [3.8, 4) is 0 Å². The molecule has 3 heteroatoms. The molecule has 3 nitrogen and oxygen atoms in total. The smallest absolute Gasteiger partial charge is 0.241 e. The normalized spacial score (nSPS) is 24.8. The van der Waals surface area contributed by atoms with E-state index in [-0.39, 0.29) is 5.91 Å². The molecule has 3 atom stereocenters. The molecule has 1 amide bonds. The minimum absolute atomic E-state index is 0.0478. The Morgan fingerprint density at radius 1 is 1.20 bits per heavy atom. The van der Waals surface area contributed by atoms with Gasteiger partial charge in [-0.2, -0.15) is 0 Å². The van der Waals surface area contributed by atoms with Crippen molar-refractivity contribution in [2.75, 3.05) is 0 Å². The van der Waals surface area contributed by atoms with Crippen molar-refractivity contribution < 1.29 is 4.79 Å². The summed E-state index contributed by atoms with van der Waals surface area (Å²) in [6.45, 7) is 4.32. The number of hydrogen-bond donors (Lipinski definition) is 2. The fraction of sp³-hybridized carbons (Fsp3) is 0.588. The quantitative estimate of drug-likeness (QED) is 0.832. The van der Waals surface area contributed by atoms with Crippen molar-refractivity contribution in [2.24, 2.45) is 11.7 Å². The lowest BCUT2D eigenvalue weighted by molar-refractivity contribution is -0.123. The van der Waals surface area contributed by atoms with Crippen LogP contribution in [-0.4, -0.2) is 11.9 Å². The highest BCUT2D eigenvalue weighted by Gasteiger charge is 2.21. The number of hydrogen-bond acceptors (Lipinski definition) is 2. The van der Waals surface area contributed by atoms with Gasteiger partial charge in [-0.1, -0.05) is 49.6 Å². The van der Waals surface area contributed by atoms with Crippen LogP contribution in [0.4, 0.5) is 0 Å². The van der Waals surface area contributed by atoms with Crippen LogP contribution in [0.25, 0.3) is 0 Å². The molecule has 1 fully saturated rings. The number of rotatable bonds is 3. The molecule has 0 bridgehead atoms. The zero-order valence-corrected chi connectivity index (χ0v) is 12.6. The molecule has 0 radical (unpaired) electrons. The number of carbonyl (C=O) groups excluding carboxylic acids is 1. The van der Waals surface area contributed by atoms with Crippen LogP contribution in [0.15, 0.2) is 24.3 Å². The molecule has 0 aromatic heterocycles. The Kier molecular flexibility index (Phi) is 5.18. The third-order valence-electron chi connectivity index (χ3n) is 4.32. The van der Waals surface area contributed by atoms with E-state index < -0.39 is 6.04 Å². The zero-order chi connectivity index (χ0) is 14.5. The van der Waals surface area contributed by atoms with Gasteiger partial charge < -0.3 is 11.1 Å². The summed E-state index contributed by atoms with van der Waals surface area (Å²) in [6, 6.07) is 7.61. The van der Waals surface area contributed by atoms with E-state index in [4.69, 9.17) is 5.73 Å². The van der Waals surface area contributed by atoms with Gasteiger partial charge in [0.25, 0.3) is 0 Å². The molecule has 0 aliphatic heterocycles. The van der Waals surface area contributed by atoms with Gasteiger partial charge in [-0.25, -0.2) is 0 Å². The predicted molar refractivity (Wildman–Crippen MR) is 82.3 cm³/mol. The molecular formula is C17H26N2O. The number of nitrogens with two attached hydrogens (primary N) is 1. The molecule has 1 aromatic rings. The third kappa shape index (κ3) is 4.07. The van der Waals surface area contributed by atoms with Crippen molar-refractivity contribution >= 4 is 5.91 Å². The van der Waals surface area contributed by atoms with Crippen molar-refractivity contribution in [1.82, 2.24) is 5.32 Å². The lowest BCUT2D eigenvalue weighted by Gasteiger charge is -2.20. The Labute approximate surface area is 121 Å². The zero-order valence-electron chi connectivity index (χ0n) is 12.6. The summed E-state index contributed by atoms with van der Waals surface area (Å²) in [5, 5.41) is 3.13. The summed E-state index contributed by atoms with van der Waals surface area (Å²) in [6.07, 6.45) is 5.83. The van der Waals surface area contributed by atoms with E-state index in [1.807, 2.05) is 31.2 Å². The number of amides is 1. The lowest BCUT2D eigenvalue weighted by atomic mass is 10.0. The van der Waals surface area contributed by atoms with Crippen LogP contribution in [0, 0.1) is 12.8 Å². The maximum Gasteiger partial charge on any atom is 0.241 e. The Balaban J connectivity index is 1.92. The van der Waals surface area contributed by atoms with Gasteiger partial charge in [0.05, 0.1) is 0 Å². The van der Waals surface area contributed by atoms with Crippen LogP contribution in [0.3, 0.4) is 0 Å². The number of benzene rings is 1. The van der Waals surface area contributed by atoms with Gasteiger partial charge in [0.2, 0.25) is 5.91 Å². The summed E-state index contributed by atoms with van der Waals surface area (Å²) in [4.78, 5) is 12.3. The maximum absolute atomic E-state index is 12.3. The van der Waals surface area contributed by atoms with Gasteiger partial charge in [-0.05, 0) is 37.7 Å². The largest absolute Gasteiger partial charge is 0.352 e. The van der Waals surface area contributed by atoms with Crippen molar-refractivity contribution in [1.29, 1.82) is 0 Å². The summed E-state index contributed by atoms with van der Waals surface area (Å²) >= 11 is 0. The van der Waals surface area contributed by atoms with E-state index in [1.54, 1.807) is 0 Å². The van der Waals surface area contributed by atoms with Crippen molar-refractivity contribution in [2.45, 2.75) is 58.0 Å². The topological polar surface area (TPSA) is 55.1 Å². The first-order valence-electron chi connectivity index (χ1n) is 7.69. The average molecular weight is 274 g/mol. The van der Waals surface area contributed by atoms with Gasteiger partial charge in [-0.3, -0.25) is 4.79 Å².